The van der Waals surface area contributed by atoms with Crippen LogP contribution in [-0.4, -0.2) is 23.6 Å². The van der Waals surface area contributed by atoms with Gasteiger partial charge in [0.25, 0.3) is 0 Å². The Labute approximate surface area is 101 Å². The summed E-state index contributed by atoms with van der Waals surface area (Å²) in [5.74, 6) is 1.71. The lowest BCUT2D eigenvalue weighted by molar-refractivity contribution is 0.415. The lowest BCUT2D eigenvalue weighted by Crippen LogP contribution is -2.11. The number of aromatic nitrogens is 2. The van der Waals surface area contributed by atoms with Crippen LogP contribution in [0.15, 0.2) is 30.5 Å². The summed E-state index contributed by atoms with van der Waals surface area (Å²) in [7, 11) is 1.66. The maximum absolute atomic E-state index is 5.19. The lowest BCUT2D eigenvalue weighted by atomic mass is 10.2. The quantitative estimate of drug-likeness (QED) is 0.829. The molecule has 0 unspecified atom stereocenters. The van der Waals surface area contributed by atoms with E-state index in [4.69, 9.17) is 4.74 Å². The molecule has 0 aliphatic rings. The molecule has 90 valence electrons. The van der Waals surface area contributed by atoms with E-state index >= 15 is 0 Å². The third kappa shape index (κ3) is 2.85. The molecule has 0 aliphatic carbocycles. The normalized spacial score (nSPS) is 10.5. The van der Waals surface area contributed by atoms with E-state index in [-0.39, 0.29) is 0 Å². The van der Waals surface area contributed by atoms with Crippen LogP contribution >= 0.6 is 0 Å². The van der Waals surface area contributed by atoms with Gasteiger partial charge in [-0.2, -0.15) is 0 Å². The smallest absolute Gasteiger partial charge is 0.137 e. The summed E-state index contributed by atoms with van der Waals surface area (Å²) in [5.41, 5.74) is 2.12. The summed E-state index contributed by atoms with van der Waals surface area (Å²) in [5, 5.41) is 3.26. The number of H-pyrrole nitrogens is 1. The number of hydrogen-bond donors (Lipinski definition) is 2. The first-order chi connectivity index (χ1) is 8.33. The first-order valence-corrected chi connectivity index (χ1v) is 5.72. The van der Waals surface area contributed by atoms with Gasteiger partial charge in [0, 0.05) is 24.0 Å². The van der Waals surface area contributed by atoms with Crippen molar-refractivity contribution in [2.75, 3.05) is 13.7 Å². The molecule has 0 atom stereocenters. The summed E-state index contributed by atoms with van der Waals surface area (Å²) in [6.07, 6.45) is 1.86. The van der Waals surface area contributed by atoms with Crippen LogP contribution in [0.1, 0.15) is 12.6 Å². The standard InChI is InChI=1S/C13H17N3O/c1-3-14-8-11-9-15-13(16-11)10-5-4-6-12(7-10)17-2/h4-7,9,14H,3,8H2,1-2H3,(H,15,16). The molecule has 0 bridgehead atoms. The van der Waals surface area contributed by atoms with Crippen LogP contribution < -0.4 is 10.1 Å². The van der Waals surface area contributed by atoms with Crippen molar-refractivity contribution in [3.05, 3.63) is 36.2 Å². The number of benzene rings is 1. The highest BCUT2D eigenvalue weighted by atomic mass is 16.5. The Bertz CT molecular complexity index is 479. The van der Waals surface area contributed by atoms with E-state index in [1.807, 2.05) is 30.5 Å². The Morgan fingerprint density at radius 2 is 2.29 bits per heavy atom. The highest BCUT2D eigenvalue weighted by Gasteiger charge is 2.04. The molecule has 2 aromatic rings. The van der Waals surface area contributed by atoms with Crippen molar-refractivity contribution < 1.29 is 4.74 Å². The van der Waals surface area contributed by atoms with Crippen LogP contribution in [0.3, 0.4) is 0 Å². The van der Waals surface area contributed by atoms with Gasteiger partial charge in [-0.15, -0.1) is 0 Å². The van der Waals surface area contributed by atoms with Crippen LogP contribution in [0, 0.1) is 0 Å². The van der Waals surface area contributed by atoms with Crippen LogP contribution in [0.25, 0.3) is 11.4 Å². The molecule has 1 heterocycles. The summed E-state index contributed by atoms with van der Waals surface area (Å²) in [6.45, 7) is 3.85. The summed E-state index contributed by atoms with van der Waals surface area (Å²) in [6, 6.07) is 7.86. The van der Waals surface area contributed by atoms with Gasteiger partial charge in [0.2, 0.25) is 0 Å². The van der Waals surface area contributed by atoms with Crippen LogP contribution in [-0.2, 0) is 6.54 Å². The monoisotopic (exact) mass is 231 g/mol. The number of aromatic amines is 1. The fourth-order valence-corrected chi connectivity index (χ4v) is 1.63. The van der Waals surface area contributed by atoms with Gasteiger partial charge in [0.15, 0.2) is 0 Å². The predicted octanol–water partition coefficient (Wildman–Crippen LogP) is 2.19. The van der Waals surface area contributed by atoms with E-state index in [2.05, 4.69) is 22.2 Å². The number of methoxy groups -OCH3 is 1. The average Bonchev–Trinajstić information content (AvgIpc) is 2.85. The first kappa shape index (κ1) is 11.7. The van der Waals surface area contributed by atoms with Gasteiger partial charge in [-0.1, -0.05) is 19.1 Å². The van der Waals surface area contributed by atoms with Crippen molar-refractivity contribution >= 4 is 0 Å². The summed E-state index contributed by atoms with van der Waals surface area (Å²) < 4.78 is 5.19. The Morgan fingerprint density at radius 3 is 3.06 bits per heavy atom. The van der Waals surface area contributed by atoms with Crippen LogP contribution in [0.2, 0.25) is 0 Å². The zero-order valence-electron chi connectivity index (χ0n) is 10.2. The summed E-state index contributed by atoms with van der Waals surface area (Å²) in [4.78, 5) is 7.65. The second-order valence-corrected chi connectivity index (χ2v) is 3.77. The molecule has 0 saturated heterocycles. The second kappa shape index (κ2) is 5.50. The number of rotatable bonds is 5. The number of hydrogen-bond acceptors (Lipinski definition) is 3. The van der Waals surface area contributed by atoms with E-state index in [1.165, 1.54) is 0 Å². The van der Waals surface area contributed by atoms with E-state index in [9.17, 15) is 0 Å². The average molecular weight is 231 g/mol. The van der Waals surface area contributed by atoms with Gasteiger partial charge in [0.1, 0.15) is 11.6 Å². The molecule has 17 heavy (non-hydrogen) atoms. The van der Waals surface area contributed by atoms with Gasteiger partial charge in [-0.05, 0) is 18.7 Å². The zero-order valence-corrected chi connectivity index (χ0v) is 10.2. The Kier molecular flexibility index (Phi) is 3.77. The minimum atomic E-state index is 0.813. The van der Waals surface area contributed by atoms with Crippen molar-refractivity contribution in [2.45, 2.75) is 13.5 Å². The summed E-state index contributed by atoms with van der Waals surface area (Å²) >= 11 is 0. The molecule has 0 radical (unpaired) electrons. The van der Waals surface area contributed by atoms with E-state index in [0.717, 1.165) is 35.9 Å². The first-order valence-electron chi connectivity index (χ1n) is 5.72. The molecule has 1 aromatic heterocycles. The topological polar surface area (TPSA) is 49.9 Å². The molecule has 4 heteroatoms. The maximum atomic E-state index is 5.19. The van der Waals surface area contributed by atoms with Gasteiger partial charge in [-0.3, -0.25) is 0 Å². The number of nitrogens with zero attached hydrogens (tertiary/aromatic N) is 1. The minimum Gasteiger partial charge on any atom is -0.497 e. The lowest BCUT2D eigenvalue weighted by Gasteiger charge is -2.02. The molecular formula is C13H17N3O. The van der Waals surface area contributed by atoms with Gasteiger partial charge in [0.05, 0.1) is 7.11 Å². The molecular weight excluding hydrogens is 214 g/mol. The van der Waals surface area contributed by atoms with Crippen molar-refractivity contribution in [3.8, 4) is 17.1 Å². The fourth-order valence-electron chi connectivity index (χ4n) is 1.63. The van der Waals surface area contributed by atoms with Crippen LogP contribution in [0.5, 0.6) is 5.75 Å². The van der Waals surface area contributed by atoms with E-state index < -0.39 is 0 Å². The Morgan fingerprint density at radius 1 is 1.41 bits per heavy atom. The number of ether oxygens (including phenoxy) is 1. The Hall–Kier alpha value is -1.81. The van der Waals surface area contributed by atoms with Crippen molar-refractivity contribution in [1.82, 2.24) is 15.3 Å². The number of imidazole rings is 1. The molecule has 0 fully saturated rings. The molecule has 2 N–H and O–H groups in total. The van der Waals surface area contributed by atoms with Crippen molar-refractivity contribution in [1.29, 1.82) is 0 Å². The van der Waals surface area contributed by atoms with E-state index in [0.29, 0.717) is 0 Å². The third-order valence-corrected chi connectivity index (χ3v) is 2.54. The molecule has 2 rings (SSSR count). The maximum Gasteiger partial charge on any atom is 0.137 e. The van der Waals surface area contributed by atoms with Gasteiger partial charge < -0.3 is 15.0 Å². The van der Waals surface area contributed by atoms with E-state index in [1.54, 1.807) is 7.11 Å². The predicted molar refractivity (Wildman–Crippen MR) is 68.0 cm³/mol. The molecule has 0 amide bonds. The van der Waals surface area contributed by atoms with Crippen molar-refractivity contribution in [3.63, 3.8) is 0 Å². The molecule has 0 aliphatic heterocycles. The largest absolute Gasteiger partial charge is 0.497 e. The number of nitrogens with one attached hydrogen (secondary N) is 2. The molecule has 4 nitrogen and oxygen atoms in total. The third-order valence-electron chi connectivity index (χ3n) is 2.54. The highest BCUT2D eigenvalue weighted by Crippen LogP contribution is 2.21. The highest BCUT2D eigenvalue weighted by molar-refractivity contribution is 5.57. The SMILES string of the molecule is CCNCc1cnc(-c2cccc(OC)c2)[nH]1. The molecule has 0 spiro atoms. The van der Waals surface area contributed by atoms with Gasteiger partial charge >= 0.3 is 0 Å². The molecule has 1 aromatic carbocycles. The Balaban J connectivity index is 2.18. The molecule has 0 saturated carbocycles. The minimum absolute atomic E-state index is 0.813. The second-order valence-electron chi connectivity index (χ2n) is 3.77. The van der Waals surface area contributed by atoms with Crippen LogP contribution in [0.4, 0.5) is 0 Å². The van der Waals surface area contributed by atoms with Crippen molar-refractivity contribution in [2.24, 2.45) is 0 Å². The fraction of sp³-hybridized carbons (Fsp3) is 0.308. The van der Waals surface area contributed by atoms with Gasteiger partial charge in [-0.25, -0.2) is 4.98 Å². The zero-order chi connectivity index (χ0) is 12.1.